The minimum absolute atomic E-state index is 0.0171. The van der Waals surface area contributed by atoms with Gasteiger partial charge in [0.25, 0.3) is 0 Å². The molecule has 4 nitrogen and oxygen atoms in total. The van der Waals surface area contributed by atoms with Crippen LogP contribution in [0.1, 0.15) is 19.4 Å². The maximum atomic E-state index is 12.2. The van der Waals surface area contributed by atoms with Gasteiger partial charge in [-0.15, -0.1) is 0 Å². The van der Waals surface area contributed by atoms with Gasteiger partial charge in [-0.3, -0.25) is 4.79 Å². The van der Waals surface area contributed by atoms with Crippen molar-refractivity contribution in [3.63, 3.8) is 0 Å². The minimum atomic E-state index is -0.0171. The summed E-state index contributed by atoms with van der Waals surface area (Å²) < 4.78 is 5.22. The summed E-state index contributed by atoms with van der Waals surface area (Å²) in [4.78, 5) is 12.2. The largest absolute Gasteiger partial charge is 0.382 e. The Bertz CT molecular complexity index is 434. The maximum Gasteiger partial charge on any atom is 0.225 e. The molecule has 0 saturated carbocycles. The topological polar surface area (TPSA) is 50.4 Å². The van der Waals surface area contributed by atoms with Crippen LogP contribution in [0.4, 0.5) is 5.69 Å². The molecule has 1 aliphatic heterocycles. The molecule has 1 aliphatic rings. The van der Waals surface area contributed by atoms with E-state index in [1.807, 2.05) is 19.1 Å². The molecular weight excluding hydrogens is 240 g/mol. The van der Waals surface area contributed by atoms with Gasteiger partial charge in [-0.2, -0.15) is 0 Å². The summed E-state index contributed by atoms with van der Waals surface area (Å²) >= 11 is 0. The van der Waals surface area contributed by atoms with Crippen molar-refractivity contribution in [2.24, 2.45) is 5.92 Å². The molecule has 2 atom stereocenters. The molecule has 2 unspecified atom stereocenters. The van der Waals surface area contributed by atoms with Gasteiger partial charge < -0.3 is 15.4 Å². The van der Waals surface area contributed by atoms with Crippen molar-refractivity contribution in [2.45, 2.75) is 26.3 Å². The van der Waals surface area contributed by atoms with E-state index in [1.165, 1.54) is 5.56 Å². The van der Waals surface area contributed by atoms with Gasteiger partial charge in [0.15, 0.2) is 0 Å². The van der Waals surface area contributed by atoms with Gasteiger partial charge in [0.2, 0.25) is 5.91 Å². The van der Waals surface area contributed by atoms with Gasteiger partial charge in [-0.25, -0.2) is 0 Å². The molecule has 0 saturated heterocycles. The molecule has 104 valence electrons. The Kier molecular flexibility index (Phi) is 4.80. The van der Waals surface area contributed by atoms with Crippen LogP contribution in [-0.2, 0) is 16.0 Å². The summed E-state index contributed by atoms with van der Waals surface area (Å²) in [6.07, 6.45) is 0.796. The molecule has 19 heavy (non-hydrogen) atoms. The lowest BCUT2D eigenvalue weighted by molar-refractivity contribution is -0.125. The predicted octanol–water partition coefficient (Wildman–Crippen LogP) is 1.81. The average molecular weight is 262 g/mol. The molecule has 0 bridgehead atoms. The Balaban J connectivity index is 1.92. The number of fused-ring (bicyclic) bond motifs is 1. The zero-order valence-electron chi connectivity index (χ0n) is 11.6. The number of rotatable bonds is 5. The summed E-state index contributed by atoms with van der Waals surface area (Å²) in [5.41, 5.74) is 2.36. The number of amides is 1. The van der Waals surface area contributed by atoms with Crippen molar-refractivity contribution >= 4 is 11.6 Å². The molecule has 2 rings (SSSR count). The van der Waals surface area contributed by atoms with Crippen molar-refractivity contribution in [1.82, 2.24) is 5.32 Å². The Labute approximate surface area is 114 Å². The maximum absolute atomic E-state index is 12.2. The van der Waals surface area contributed by atoms with E-state index in [4.69, 9.17) is 4.74 Å². The van der Waals surface area contributed by atoms with Gasteiger partial charge in [0, 0.05) is 24.9 Å². The van der Waals surface area contributed by atoms with E-state index >= 15 is 0 Å². The van der Waals surface area contributed by atoms with Crippen molar-refractivity contribution in [2.75, 3.05) is 25.1 Å². The molecule has 2 N–H and O–H groups in total. The fourth-order valence-electron chi connectivity index (χ4n) is 2.44. The lowest BCUT2D eigenvalue weighted by atomic mass is 9.87. The smallest absolute Gasteiger partial charge is 0.225 e. The van der Waals surface area contributed by atoms with Crippen LogP contribution in [0.5, 0.6) is 0 Å². The molecule has 0 aliphatic carbocycles. The van der Waals surface area contributed by atoms with E-state index in [2.05, 4.69) is 29.7 Å². The number of para-hydroxylation sites is 1. The molecule has 1 amide bonds. The summed E-state index contributed by atoms with van der Waals surface area (Å²) in [5.74, 6) is 0.0886. The molecule has 0 radical (unpaired) electrons. The molecule has 1 aromatic carbocycles. The Morgan fingerprint density at radius 2 is 2.26 bits per heavy atom. The fourth-order valence-corrected chi connectivity index (χ4v) is 2.44. The third kappa shape index (κ3) is 3.47. The number of anilines is 1. The SMILES string of the molecule is CCOCCNC(=O)C1Cc2ccccc2NC1C. The van der Waals surface area contributed by atoms with Gasteiger partial charge >= 0.3 is 0 Å². The van der Waals surface area contributed by atoms with E-state index in [9.17, 15) is 4.79 Å². The van der Waals surface area contributed by atoms with Gasteiger partial charge in [-0.05, 0) is 31.9 Å². The predicted molar refractivity (Wildman–Crippen MR) is 76.2 cm³/mol. The monoisotopic (exact) mass is 262 g/mol. The van der Waals surface area contributed by atoms with Crippen LogP contribution < -0.4 is 10.6 Å². The standard InChI is InChI=1S/C15H22N2O2/c1-3-19-9-8-16-15(18)13-10-12-6-4-5-7-14(12)17-11(13)2/h4-7,11,13,17H,3,8-10H2,1-2H3,(H,16,18). The van der Waals surface area contributed by atoms with E-state index in [0.29, 0.717) is 19.8 Å². The van der Waals surface area contributed by atoms with Crippen LogP contribution in [0.15, 0.2) is 24.3 Å². The highest BCUT2D eigenvalue weighted by Gasteiger charge is 2.29. The van der Waals surface area contributed by atoms with Crippen LogP contribution in [0.25, 0.3) is 0 Å². The van der Waals surface area contributed by atoms with Crippen molar-refractivity contribution in [3.8, 4) is 0 Å². The molecule has 1 aromatic rings. The Morgan fingerprint density at radius 1 is 1.47 bits per heavy atom. The number of carbonyl (C=O) groups excluding carboxylic acids is 1. The first kappa shape index (κ1) is 13.9. The van der Waals surface area contributed by atoms with E-state index in [-0.39, 0.29) is 17.9 Å². The second-order valence-corrected chi connectivity index (χ2v) is 4.89. The third-order valence-corrected chi connectivity index (χ3v) is 3.53. The first-order valence-electron chi connectivity index (χ1n) is 6.92. The number of benzene rings is 1. The van der Waals surface area contributed by atoms with Crippen LogP contribution in [0.3, 0.4) is 0 Å². The van der Waals surface area contributed by atoms with Crippen LogP contribution in [0.2, 0.25) is 0 Å². The highest BCUT2D eigenvalue weighted by molar-refractivity contribution is 5.81. The number of hydrogen-bond donors (Lipinski definition) is 2. The van der Waals surface area contributed by atoms with Crippen molar-refractivity contribution in [3.05, 3.63) is 29.8 Å². The Hall–Kier alpha value is -1.55. The summed E-state index contributed by atoms with van der Waals surface area (Å²) in [6, 6.07) is 8.33. The number of nitrogens with one attached hydrogen (secondary N) is 2. The number of ether oxygens (including phenoxy) is 1. The average Bonchev–Trinajstić information content (AvgIpc) is 2.42. The number of carbonyl (C=O) groups is 1. The van der Waals surface area contributed by atoms with E-state index < -0.39 is 0 Å². The molecule has 0 fully saturated rings. The minimum Gasteiger partial charge on any atom is -0.382 e. The number of hydrogen-bond acceptors (Lipinski definition) is 3. The summed E-state index contributed by atoms with van der Waals surface area (Å²) in [6.45, 7) is 5.85. The van der Waals surface area contributed by atoms with Gasteiger partial charge in [-0.1, -0.05) is 18.2 Å². The lowest BCUT2D eigenvalue weighted by Crippen LogP contribution is -2.44. The van der Waals surface area contributed by atoms with E-state index in [1.54, 1.807) is 0 Å². The van der Waals surface area contributed by atoms with Crippen LogP contribution in [0, 0.1) is 5.92 Å². The highest BCUT2D eigenvalue weighted by Crippen LogP contribution is 2.28. The molecule has 4 heteroatoms. The first-order valence-corrected chi connectivity index (χ1v) is 6.92. The summed E-state index contributed by atoms with van der Waals surface area (Å²) in [5, 5.41) is 6.34. The van der Waals surface area contributed by atoms with Crippen LogP contribution in [-0.4, -0.2) is 31.7 Å². The highest BCUT2D eigenvalue weighted by atomic mass is 16.5. The van der Waals surface area contributed by atoms with Gasteiger partial charge in [0.1, 0.15) is 0 Å². The van der Waals surface area contributed by atoms with Gasteiger partial charge in [0.05, 0.1) is 12.5 Å². The third-order valence-electron chi connectivity index (χ3n) is 3.53. The quantitative estimate of drug-likeness (QED) is 0.796. The zero-order chi connectivity index (χ0) is 13.7. The molecule has 0 spiro atoms. The first-order chi connectivity index (χ1) is 9.22. The summed E-state index contributed by atoms with van der Waals surface area (Å²) in [7, 11) is 0. The zero-order valence-corrected chi connectivity index (χ0v) is 11.6. The second kappa shape index (κ2) is 6.57. The molecule has 0 aromatic heterocycles. The molecule has 1 heterocycles. The second-order valence-electron chi connectivity index (χ2n) is 4.89. The fraction of sp³-hybridized carbons (Fsp3) is 0.533. The Morgan fingerprint density at radius 3 is 3.05 bits per heavy atom. The van der Waals surface area contributed by atoms with Crippen molar-refractivity contribution in [1.29, 1.82) is 0 Å². The van der Waals surface area contributed by atoms with E-state index in [0.717, 1.165) is 12.1 Å². The normalized spacial score (nSPS) is 21.4. The van der Waals surface area contributed by atoms with Crippen LogP contribution >= 0.6 is 0 Å². The lowest BCUT2D eigenvalue weighted by Gasteiger charge is -2.31. The van der Waals surface area contributed by atoms with Crippen molar-refractivity contribution < 1.29 is 9.53 Å². The molecular formula is C15H22N2O2.